The van der Waals surface area contributed by atoms with Crippen LogP contribution in [0.1, 0.15) is 16.7 Å². The van der Waals surface area contributed by atoms with Gasteiger partial charge in [-0.25, -0.2) is 10.4 Å². The van der Waals surface area contributed by atoms with Gasteiger partial charge in [-0.05, 0) is 48.4 Å². The first kappa shape index (κ1) is 28.4. The van der Waals surface area contributed by atoms with E-state index < -0.39 is 5.91 Å². The average Bonchev–Trinajstić information content (AvgIpc) is 3.40. The van der Waals surface area contributed by atoms with Gasteiger partial charge in [0.1, 0.15) is 18.0 Å². The SMILES string of the molecule is COc1cc(/C=N\NC(=O)Cn2cnc3scc(-c4ccc(C)cc4)c3c2=O)ccc1OCc1c(Cl)cccc1Cl. The summed E-state index contributed by atoms with van der Waals surface area (Å²) in [5.74, 6) is 0.486. The molecule has 2 aromatic heterocycles. The number of thiophene rings is 1. The largest absolute Gasteiger partial charge is 0.493 e. The van der Waals surface area contributed by atoms with Crippen molar-refractivity contribution < 1.29 is 14.3 Å². The van der Waals surface area contributed by atoms with Crippen LogP contribution in [0.3, 0.4) is 0 Å². The Balaban J connectivity index is 1.25. The van der Waals surface area contributed by atoms with Gasteiger partial charge in [-0.15, -0.1) is 11.3 Å². The van der Waals surface area contributed by atoms with Crippen molar-refractivity contribution in [3.8, 4) is 22.6 Å². The normalized spacial score (nSPS) is 11.2. The van der Waals surface area contributed by atoms with Crippen molar-refractivity contribution in [2.75, 3.05) is 7.11 Å². The number of nitrogens with zero attached hydrogens (tertiary/aromatic N) is 3. The number of rotatable bonds is 9. The van der Waals surface area contributed by atoms with E-state index in [0.717, 1.165) is 16.7 Å². The number of halogens is 2. The van der Waals surface area contributed by atoms with Crippen molar-refractivity contribution >= 4 is 56.9 Å². The highest BCUT2D eigenvalue weighted by Gasteiger charge is 2.15. The van der Waals surface area contributed by atoms with Crippen molar-refractivity contribution in [3.63, 3.8) is 0 Å². The lowest BCUT2D eigenvalue weighted by Crippen LogP contribution is -2.30. The van der Waals surface area contributed by atoms with Gasteiger partial charge in [-0.3, -0.25) is 14.2 Å². The Morgan fingerprint density at radius 3 is 2.59 bits per heavy atom. The number of hydrazone groups is 1. The molecule has 3 aromatic carbocycles. The molecule has 0 atom stereocenters. The summed E-state index contributed by atoms with van der Waals surface area (Å²) in [7, 11) is 1.52. The minimum atomic E-state index is -0.472. The number of benzene rings is 3. The van der Waals surface area contributed by atoms with E-state index in [9.17, 15) is 9.59 Å². The third-order valence-electron chi connectivity index (χ3n) is 6.26. The monoisotopic (exact) mass is 606 g/mol. The lowest BCUT2D eigenvalue weighted by molar-refractivity contribution is -0.121. The second-order valence-corrected chi connectivity index (χ2v) is 10.7. The Kier molecular flexibility index (Phi) is 8.68. The van der Waals surface area contributed by atoms with Gasteiger partial charge >= 0.3 is 0 Å². The van der Waals surface area contributed by atoms with Gasteiger partial charge in [0.25, 0.3) is 11.5 Å². The summed E-state index contributed by atoms with van der Waals surface area (Å²) in [5, 5.41) is 7.45. The van der Waals surface area contributed by atoms with E-state index >= 15 is 0 Å². The Morgan fingerprint density at radius 1 is 1.10 bits per heavy atom. The first-order valence-corrected chi connectivity index (χ1v) is 14.1. The third kappa shape index (κ3) is 6.43. The first-order chi connectivity index (χ1) is 19.8. The zero-order chi connectivity index (χ0) is 28.9. The highest BCUT2D eigenvalue weighted by molar-refractivity contribution is 7.17. The lowest BCUT2D eigenvalue weighted by atomic mass is 10.1. The molecule has 11 heteroatoms. The van der Waals surface area contributed by atoms with Crippen LogP contribution in [0, 0.1) is 6.92 Å². The molecule has 0 spiro atoms. The van der Waals surface area contributed by atoms with Crippen LogP contribution in [-0.2, 0) is 17.9 Å². The van der Waals surface area contributed by atoms with Gasteiger partial charge in [-0.2, -0.15) is 5.10 Å². The average molecular weight is 608 g/mol. The highest BCUT2D eigenvalue weighted by atomic mass is 35.5. The Morgan fingerprint density at radius 2 is 1.85 bits per heavy atom. The highest BCUT2D eigenvalue weighted by Crippen LogP contribution is 2.32. The zero-order valence-corrected chi connectivity index (χ0v) is 24.4. The molecule has 0 saturated carbocycles. The van der Waals surface area contributed by atoms with Gasteiger partial charge in [0.15, 0.2) is 11.5 Å². The molecule has 0 saturated heterocycles. The van der Waals surface area contributed by atoms with Crippen LogP contribution >= 0.6 is 34.5 Å². The second-order valence-electron chi connectivity index (χ2n) is 9.07. The zero-order valence-electron chi connectivity index (χ0n) is 22.1. The molecule has 0 fully saturated rings. The number of methoxy groups -OCH3 is 1. The Labute approximate surface area is 249 Å². The van der Waals surface area contributed by atoms with Crippen molar-refractivity contribution in [2.24, 2.45) is 5.10 Å². The molecule has 41 heavy (non-hydrogen) atoms. The maximum atomic E-state index is 13.2. The van der Waals surface area contributed by atoms with E-state index in [-0.39, 0.29) is 18.7 Å². The fourth-order valence-electron chi connectivity index (χ4n) is 4.10. The van der Waals surface area contributed by atoms with Crippen molar-refractivity contribution in [1.82, 2.24) is 15.0 Å². The van der Waals surface area contributed by atoms with Gasteiger partial charge in [0.05, 0.1) is 25.0 Å². The van der Waals surface area contributed by atoms with Gasteiger partial charge < -0.3 is 9.47 Å². The van der Waals surface area contributed by atoms with Crippen molar-refractivity contribution in [1.29, 1.82) is 0 Å². The first-order valence-electron chi connectivity index (χ1n) is 12.4. The summed E-state index contributed by atoms with van der Waals surface area (Å²) in [6.07, 6.45) is 2.84. The predicted octanol–water partition coefficient (Wildman–Crippen LogP) is 6.48. The minimum Gasteiger partial charge on any atom is -0.493 e. The lowest BCUT2D eigenvalue weighted by Gasteiger charge is -2.13. The minimum absolute atomic E-state index is 0.163. The Hall–Kier alpha value is -4.18. The molecule has 8 nitrogen and oxygen atoms in total. The van der Waals surface area contributed by atoms with Crippen LogP contribution in [-0.4, -0.2) is 28.8 Å². The van der Waals surface area contributed by atoms with E-state index in [4.69, 9.17) is 32.7 Å². The molecule has 0 unspecified atom stereocenters. The predicted molar refractivity (Wildman–Crippen MR) is 164 cm³/mol. The molecule has 0 aliphatic heterocycles. The fourth-order valence-corrected chi connectivity index (χ4v) is 5.51. The number of carbonyl (C=O) groups is 1. The summed E-state index contributed by atoms with van der Waals surface area (Å²) in [6, 6.07) is 18.4. The topological polar surface area (TPSA) is 94.8 Å². The number of carbonyl (C=O) groups excluding carboxylic acids is 1. The summed E-state index contributed by atoms with van der Waals surface area (Å²) < 4.78 is 12.6. The number of fused-ring (bicyclic) bond motifs is 1. The van der Waals surface area contributed by atoms with Crippen LogP contribution < -0.4 is 20.5 Å². The van der Waals surface area contributed by atoms with Crippen LogP contribution in [0.25, 0.3) is 21.3 Å². The molecular formula is C30H24Cl2N4O4S. The van der Waals surface area contributed by atoms with Crippen molar-refractivity contribution in [3.05, 3.63) is 109 Å². The number of nitrogens with one attached hydrogen (secondary N) is 1. The number of hydrogen-bond donors (Lipinski definition) is 1. The number of aryl methyl sites for hydroxylation is 1. The molecule has 2 heterocycles. The van der Waals surface area contributed by atoms with Gasteiger partial charge in [-0.1, -0.05) is 59.1 Å². The molecular weight excluding hydrogens is 583 g/mol. The third-order valence-corrected chi connectivity index (χ3v) is 7.86. The standard InChI is InChI=1S/C30H24Cl2N4O4S/c1-18-6-9-20(10-7-18)22-16-41-29-28(22)30(38)36(17-33-29)14-27(37)35-34-13-19-8-11-25(26(12-19)39-2)40-15-21-23(31)4-3-5-24(21)32/h3-13,16-17H,14-15H2,1-2H3,(H,35,37)/b34-13-. The van der Waals surface area contributed by atoms with Crippen molar-refractivity contribution in [2.45, 2.75) is 20.1 Å². The molecule has 0 aliphatic carbocycles. The van der Waals surface area contributed by atoms with Crippen LogP contribution in [0.2, 0.25) is 10.0 Å². The second kappa shape index (κ2) is 12.6. The molecule has 0 bridgehead atoms. The van der Waals surface area contributed by atoms with E-state index in [1.807, 2.05) is 36.6 Å². The summed E-state index contributed by atoms with van der Waals surface area (Å²) in [5.41, 5.74) is 6.35. The maximum Gasteiger partial charge on any atom is 0.263 e. The number of amides is 1. The van der Waals surface area contributed by atoms with Crippen LogP contribution in [0.5, 0.6) is 11.5 Å². The quantitative estimate of drug-likeness (QED) is 0.153. The molecule has 1 amide bonds. The molecule has 0 radical (unpaired) electrons. The van der Waals surface area contributed by atoms with Gasteiger partial charge in [0.2, 0.25) is 0 Å². The number of hydrogen-bond acceptors (Lipinski definition) is 7. The number of ether oxygens (including phenoxy) is 2. The van der Waals surface area contributed by atoms with Crippen LogP contribution in [0.4, 0.5) is 0 Å². The number of aromatic nitrogens is 2. The van der Waals surface area contributed by atoms with Gasteiger partial charge in [0, 0.05) is 26.6 Å². The van der Waals surface area contributed by atoms with E-state index in [1.54, 1.807) is 36.4 Å². The molecule has 208 valence electrons. The molecule has 1 N–H and O–H groups in total. The fraction of sp³-hybridized carbons (Fsp3) is 0.133. The van der Waals surface area contributed by atoms with E-state index in [2.05, 4.69) is 15.5 Å². The summed E-state index contributed by atoms with van der Waals surface area (Å²) >= 11 is 13.8. The summed E-state index contributed by atoms with van der Waals surface area (Å²) in [6.45, 7) is 1.94. The van der Waals surface area contributed by atoms with Crippen LogP contribution in [0.15, 0.2) is 82.3 Å². The maximum absolute atomic E-state index is 13.2. The smallest absolute Gasteiger partial charge is 0.263 e. The van der Waals surface area contributed by atoms with E-state index in [1.165, 1.54) is 35.6 Å². The van der Waals surface area contributed by atoms with E-state index in [0.29, 0.717) is 42.9 Å². The molecule has 5 rings (SSSR count). The molecule has 5 aromatic rings. The Bertz CT molecular complexity index is 1800. The molecule has 0 aliphatic rings. The summed E-state index contributed by atoms with van der Waals surface area (Å²) in [4.78, 5) is 30.8.